The van der Waals surface area contributed by atoms with Gasteiger partial charge in [-0.15, -0.1) is 5.10 Å². The highest BCUT2D eigenvalue weighted by atomic mass is 16.2. The van der Waals surface area contributed by atoms with Crippen LogP contribution < -0.4 is 5.32 Å². The standard InChI is InChI=1S/C16H13N7O/c24-15(14-20-16-17-7-4-8-22(16)21-14)18-9-12-10-19-23(11-12)13-5-2-1-3-6-13/h1-8,10-11H,9H2,(H,18,24). The van der Waals surface area contributed by atoms with Crippen LogP contribution in [0, 0.1) is 0 Å². The normalized spacial score (nSPS) is 10.8. The van der Waals surface area contributed by atoms with E-state index in [2.05, 4.69) is 25.5 Å². The number of hydrogen-bond acceptors (Lipinski definition) is 5. The molecule has 4 rings (SSSR count). The minimum absolute atomic E-state index is 0.0872. The molecule has 3 aromatic heterocycles. The highest BCUT2D eigenvalue weighted by Gasteiger charge is 2.13. The van der Waals surface area contributed by atoms with Crippen LogP contribution in [0.2, 0.25) is 0 Å². The van der Waals surface area contributed by atoms with Gasteiger partial charge in [0.1, 0.15) is 0 Å². The zero-order valence-electron chi connectivity index (χ0n) is 12.6. The zero-order valence-corrected chi connectivity index (χ0v) is 12.6. The Labute approximate surface area is 136 Å². The van der Waals surface area contributed by atoms with Crippen molar-refractivity contribution < 1.29 is 4.79 Å². The topological polar surface area (TPSA) is 90.0 Å². The van der Waals surface area contributed by atoms with Crippen molar-refractivity contribution in [3.05, 3.63) is 72.6 Å². The van der Waals surface area contributed by atoms with Crippen LogP contribution in [0.1, 0.15) is 16.2 Å². The van der Waals surface area contributed by atoms with Crippen molar-refractivity contribution in [2.75, 3.05) is 0 Å². The molecule has 0 aliphatic carbocycles. The molecule has 0 spiro atoms. The fraction of sp³-hybridized carbons (Fsp3) is 0.0625. The maximum absolute atomic E-state index is 12.2. The Balaban J connectivity index is 1.45. The Bertz CT molecular complexity index is 957. The van der Waals surface area contributed by atoms with E-state index >= 15 is 0 Å². The second-order valence-electron chi connectivity index (χ2n) is 5.11. The molecule has 0 atom stereocenters. The Kier molecular flexibility index (Phi) is 3.47. The average Bonchev–Trinajstić information content (AvgIpc) is 3.27. The van der Waals surface area contributed by atoms with E-state index in [4.69, 9.17) is 0 Å². The number of amides is 1. The van der Waals surface area contributed by atoms with Crippen molar-refractivity contribution >= 4 is 11.7 Å². The van der Waals surface area contributed by atoms with Gasteiger partial charge in [-0.05, 0) is 18.2 Å². The maximum atomic E-state index is 12.2. The molecular formula is C16H13N7O. The second-order valence-corrected chi connectivity index (χ2v) is 5.11. The zero-order chi connectivity index (χ0) is 16.4. The smallest absolute Gasteiger partial charge is 0.291 e. The summed E-state index contributed by atoms with van der Waals surface area (Å²) in [4.78, 5) is 20.3. The van der Waals surface area contributed by atoms with Crippen LogP contribution in [0.3, 0.4) is 0 Å². The number of carbonyl (C=O) groups is 1. The number of fused-ring (bicyclic) bond motifs is 1. The molecule has 0 aliphatic rings. The first-order valence-electron chi connectivity index (χ1n) is 7.34. The maximum Gasteiger partial charge on any atom is 0.291 e. The van der Waals surface area contributed by atoms with Gasteiger partial charge in [0.15, 0.2) is 0 Å². The van der Waals surface area contributed by atoms with E-state index in [1.165, 1.54) is 4.52 Å². The van der Waals surface area contributed by atoms with Crippen molar-refractivity contribution in [3.8, 4) is 5.69 Å². The molecule has 0 saturated heterocycles. The van der Waals surface area contributed by atoms with Gasteiger partial charge in [-0.3, -0.25) is 4.79 Å². The summed E-state index contributed by atoms with van der Waals surface area (Å²) in [6.45, 7) is 0.342. The van der Waals surface area contributed by atoms with E-state index < -0.39 is 0 Å². The van der Waals surface area contributed by atoms with Crippen LogP contribution in [0.25, 0.3) is 11.5 Å². The van der Waals surface area contributed by atoms with Gasteiger partial charge in [0.05, 0.1) is 11.9 Å². The van der Waals surface area contributed by atoms with Crippen LogP contribution >= 0.6 is 0 Å². The van der Waals surface area contributed by atoms with Crippen LogP contribution in [0.15, 0.2) is 61.2 Å². The van der Waals surface area contributed by atoms with Gasteiger partial charge in [-0.1, -0.05) is 18.2 Å². The van der Waals surface area contributed by atoms with E-state index in [1.54, 1.807) is 29.3 Å². The number of carbonyl (C=O) groups excluding carboxylic acids is 1. The number of aromatic nitrogens is 6. The van der Waals surface area contributed by atoms with Crippen molar-refractivity contribution in [1.29, 1.82) is 0 Å². The fourth-order valence-corrected chi connectivity index (χ4v) is 2.26. The monoisotopic (exact) mass is 319 g/mol. The minimum atomic E-state index is -0.354. The summed E-state index contributed by atoms with van der Waals surface area (Å²) in [5.74, 6) is 0.122. The Hall–Kier alpha value is -3.55. The Morgan fingerprint density at radius 3 is 2.88 bits per heavy atom. The first-order valence-corrected chi connectivity index (χ1v) is 7.34. The summed E-state index contributed by atoms with van der Waals surface area (Å²) in [6, 6.07) is 11.5. The fourth-order valence-electron chi connectivity index (χ4n) is 2.26. The van der Waals surface area contributed by atoms with Gasteiger partial charge in [0.25, 0.3) is 11.7 Å². The molecule has 0 aliphatic heterocycles. The van der Waals surface area contributed by atoms with Gasteiger partial charge in [0.2, 0.25) is 5.82 Å². The van der Waals surface area contributed by atoms with Gasteiger partial charge >= 0.3 is 0 Å². The van der Waals surface area contributed by atoms with E-state index in [0.717, 1.165) is 11.3 Å². The third kappa shape index (κ3) is 2.72. The molecule has 24 heavy (non-hydrogen) atoms. The molecule has 0 fully saturated rings. The highest BCUT2D eigenvalue weighted by Crippen LogP contribution is 2.07. The van der Waals surface area contributed by atoms with Crippen molar-refractivity contribution in [3.63, 3.8) is 0 Å². The number of rotatable bonds is 4. The van der Waals surface area contributed by atoms with Crippen molar-refractivity contribution in [2.24, 2.45) is 0 Å². The lowest BCUT2D eigenvalue weighted by Crippen LogP contribution is -2.23. The lowest BCUT2D eigenvalue weighted by Gasteiger charge is -2.00. The van der Waals surface area contributed by atoms with Crippen molar-refractivity contribution in [1.82, 2.24) is 34.7 Å². The quantitative estimate of drug-likeness (QED) is 0.611. The highest BCUT2D eigenvalue weighted by molar-refractivity contribution is 5.90. The summed E-state index contributed by atoms with van der Waals surface area (Å²) < 4.78 is 3.22. The molecule has 0 unspecified atom stereocenters. The minimum Gasteiger partial charge on any atom is -0.345 e. The van der Waals surface area contributed by atoms with Gasteiger partial charge in [-0.2, -0.15) is 10.1 Å². The number of benzene rings is 1. The number of para-hydroxylation sites is 1. The second kappa shape index (κ2) is 5.92. The lowest BCUT2D eigenvalue weighted by atomic mass is 10.3. The molecule has 1 amide bonds. The third-order valence-corrected chi connectivity index (χ3v) is 3.43. The molecule has 0 saturated carbocycles. The average molecular weight is 319 g/mol. The van der Waals surface area contributed by atoms with Crippen LogP contribution in [-0.4, -0.2) is 35.3 Å². The first-order chi connectivity index (χ1) is 11.8. The molecule has 3 heterocycles. The molecule has 1 aromatic carbocycles. The number of nitrogens with one attached hydrogen (secondary N) is 1. The van der Waals surface area contributed by atoms with E-state index in [0.29, 0.717) is 12.3 Å². The molecule has 8 heteroatoms. The largest absolute Gasteiger partial charge is 0.345 e. The van der Waals surface area contributed by atoms with E-state index in [9.17, 15) is 4.79 Å². The summed E-state index contributed by atoms with van der Waals surface area (Å²) in [5, 5.41) is 11.2. The Morgan fingerprint density at radius 2 is 2.04 bits per heavy atom. The SMILES string of the molecule is O=C(NCc1cnn(-c2ccccc2)c1)c1nc2ncccn2n1. The molecule has 8 nitrogen and oxygen atoms in total. The predicted octanol–water partition coefficient (Wildman–Crippen LogP) is 1.24. The van der Waals surface area contributed by atoms with Crippen molar-refractivity contribution in [2.45, 2.75) is 6.54 Å². The summed E-state index contributed by atoms with van der Waals surface area (Å²) >= 11 is 0. The number of nitrogens with zero attached hydrogens (tertiary/aromatic N) is 6. The molecule has 0 bridgehead atoms. The molecule has 0 radical (unpaired) electrons. The molecular weight excluding hydrogens is 306 g/mol. The van der Waals surface area contributed by atoms with Gasteiger partial charge in [0, 0.05) is 30.7 Å². The first kappa shape index (κ1) is 14.1. The lowest BCUT2D eigenvalue weighted by molar-refractivity contribution is 0.0940. The number of hydrogen-bond donors (Lipinski definition) is 1. The molecule has 1 N–H and O–H groups in total. The summed E-state index contributed by atoms with van der Waals surface area (Å²) in [6.07, 6.45) is 6.87. The summed E-state index contributed by atoms with van der Waals surface area (Å²) in [5.41, 5.74) is 1.84. The summed E-state index contributed by atoms with van der Waals surface area (Å²) in [7, 11) is 0. The third-order valence-electron chi connectivity index (χ3n) is 3.43. The molecule has 118 valence electrons. The van der Waals surface area contributed by atoms with E-state index in [-0.39, 0.29) is 11.7 Å². The van der Waals surface area contributed by atoms with Crippen LogP contribution in [-0.2, 0) is 6.54 Å². The van der Waals surface area contributed by atoms with Crippen LogP contribution in [0.4, 0.5) is 0 Å². The predicted molar refractivity (Wildman–Crippen MR) is 85.5 cm³/mol. The van der Waals surface area contributed by atoms with Crippen LogP contribution in [0.5, 0.6) is 0 Å². The van der Waals surface area contributed by atoms with E-state index in [1.807, 2.05) is 36.5 Å². The Morgan fingerprint density at radius 1 is 1.17 bits per heavy atom. The van der Waals surface area contributed by atoms with Gasteiger partial charge < -0.3 is 5.32 Å². The molecule has 4 aromatic rings. The van der Waals surface area contributed by atoms with Gasteiger partial charge in [-0.25, -0.2) is 14.2 Å².